The monoisotopic (exact) mass is 514 g/mol. The molecule has 36 heavy (non-hydrogen) atoms. The van der Waals surface area contributed by atoms with Gasteiger partial charge in [-0.3, -0.25) is 18.3 Å². The van der Waals surface area contributed by atoms with Crippen LogP contribution in [0.2, 0.25) is 0 Å². The van der Waals surface area contributed by atoms with Crippen molar-refractivity contribution in [1.82, 2.24) is 24.2 Å². The highest BCUT2D eigenvalue weighted by molar-refractivity contribution is 7.78. The number of anilines is 1. The molecule has 1 amide bonds. The molecule has 12 nitrogen and oxygen atoms in total. The number of aromatic nitrogens is 4. The molecule has 0 aliphatic carbocycles. The lowest BCUT2D eigenvalue weighted by molar-refractivity contribution is -0.119. The number of fused-ring (bicyclic) bond motifs is 1. The van der Waals surface area contributed by atoms with Gasteiger partial charge in [0.1, 0.15) is 18.1 Å². The Morgan fingerprint density at radius 3 is 2.78 bits per heavy atom. The molecule has 13 heteroatoms. The van der Waals surface area contributed by atoms with E-state index in [0.717, 1.165) is 0 Å². The number of carbonyl (C=O) groups excluding carboxylic acids is 2. The van der Waals surface area contributed by atoms with E-state index in [0.29, 0.717) is 46.5 Å². The predicted octanol–water partition coefficient (Wildman–Crippen LogP) is 2.08. The van der Waals surface area contributed by atoms with E-state index < -0.39 is 23.1 Å². The van der Waals surface area contributed by atoms with E-state index in [1.165, 1.54) is 13.4 Å². The molecule has 2 aromatic heterocycles. The third-order valence-electron chi connectivity index (χ3n) is 5.71. The topological polar surface area (TPSA) is 161 Å². The molecule has 3 unspecified atom stereocenters. The van der Waals surface area contributed by atoms with Crippen LogP contribution < -0.4 is 10.5 Å². The second kappa shape index (κ2) is 11.4. The average Bonchev–Trinajstić information content (AvgIpc) is 3.53. The fourth-order valence-corrected chi connectivity index (χ4v) is 4.51. The number of hydrogen-bond acceptors (Lipinski definition) is 10. The number of carbonyl (C=O) groups is 2. The Morgan fingerprint density at radius 2 is 2.00 bits per heavy atom. The lowest BCUT2D eigenvalue weighted by Crippen LogP contribution is -2.29. The highest BCUT2D eigenvalue weighted by Gasteiger charge is 2.29. The summed E-state index contributed by atoms with van der Waals surface area (Å²) in [4.78, 5) is 36.6. The normalized spacial score (nSPS) is 18.1. The minimum Gasteiger partial charge on any atom is -0.465 e. The maximum Gasteiger partial charge on any atom is 0.338 e. The van der Waals surface area contributed by atoms with Crippen LogP contribution in [-0.4, -0.2) is 55.4 Å². The van der Waals surface area contributed by atoms with Crippen LogP contribution in [0.25, 0.3) is 16.7 Å². The number of rotatable bonds is 10. The summed E-state index contributed by atoms with van der Waals surface area (Å²) < 4.78 is 32.3. The molecule has 1 aliphatic heterocycles. The van der Waals surface area contributed by atoms with Crippen molar-refractivity contribution in [3.63, 3.8) is 0 Å². The highest BCUT2D eigenvalue weighted by atomic mass is 32.2. The minimum atomic E-state index is -2.03. The van der Waals surface area contributed by atoms with Gasteiger partial charge >= 0.3 is 5.97 Å². The van der Waals surface area contributed by atoms with Gasteiger partial charge in [-0.2, -0.15) is 0 Å². The Morgan fingerprint density at radius 1 is 1.22 bits per heavy atom. The summed E-state index contributed by atoms with van der Waals surface area (Å²) in [6, 6.07) is 6.85. The molecule has 3 heterocycles. The lowest BCUT2D eigenvalue weighted by atomic mass is 9.97. The Bertz CT molecular complexity index is 1310. The SMILES string of the molecule is C=C(CCC(=O)NS(=O)OCC1CCC(n2cnc3c(N)ncnc32)O1)c1ccccc1C(=O)OC. The number of esters is 1. The van der Waals surface area contributed by atoms with Crippen molar-refractivity contribution in [3.05, 3.63) is 54.6 Å². The third kappa shape index (κ3) is 5.75. The van der Waals surface area contributed by atoms with E-state index in [2.05, 4.69) is 26.3 Å². The van der Waals surface area contributed by atoms with Crippen LogP contribution in [0.3, 0.4) is 0 Å². The molecule has 3 N–H and O–H groups in total. The van der Waals surface area contributed by atoms with Gasteiger partial charge in [-0.1, -0.05) is 24.8 Å². The molecule has 1 aromatic carbocycles. The zero-order chi connectivity index (χ0) is 25.7. The quantitative estimate of drug-likeness (QED) is 0.383. The van der Waals surface area contributed by atoms with Gasteiger partial charge < -0.3 is 15.2 Å². The van der Waals surface area contributed by atoms with Gasteiger partial charge in [0.15, 0.2) is 11.5 Å². The lowest BCUT2D eigenvalue weighted by Gasteiger charge is -2.15. The zero-order valence-corrected chi connectivity index (χ0v) is 20.4. The first-order valence-corrected chi connectivity index (χ1v) is 12.2. The number of methoxy groups -OCH3 is 1. The van der Waals surface area contributed by atoms with Crippen molar-refractivity contribution in [2.24, 2.45) is 0 Å². The summed E-state index contributed by atoms with van der Waals surface area (Å²) in [6.45, 7) is 4.00. The van der Waals surface area contributed by atoms with E-state index in [-0.39, 0.29) is 31.8 Å². The van der Waals surface area contributed by atoms with Gasteiger partial charge in [-0.25, -0.2) is 24.0 Å². The standard InChI is InChI=1S/C23H26N6O6S/c1-14(16-5-3-4-6-17(16)23(31)33-2)7-9-18(30)28-36(32)34-11-15-8-10-19(35-15)29-13-27-20-21(24)25-12-26-22(20)29/h3-6,12-13,15,19H,1,7-11H2,2H3,(H,28,30)(H2,24,25,26). The molecule has 1 fully saturated rings. The number of amides is 1. The van der Waals surface area contributed by atoms with E-state index >= 15 is 0 Å². The molecular weight excluding hydrogens is 488 g/mol. The molecule has 4 rings (SSSR count). The van der Waals surface area contributed by atoms with Gasteiger partial charge in [0.05, 0.1) is 31.7 Å². The number of ether oxygens (including phenoxy) is 2. The molecule has 1 saturated heterocycles. The molecule has 0 spiro atoms. The van der Waals surface area contributed by atoms with Crippen LogP contribution in [0.15, 0.2) is 43.5 Å². The fraction of sp³-hybridized carbons (Fsp3) is 0.348. The maximum absolute atomic E-state index is 12.2. The Balaban J connectivity index is 1.22. The van der Waals surface area contributed by atoms with Gasteiger partial charge in [-0.05, 0) is 36.5 Å². The van der Waals surface area contributed by atoms with E-state index in [9.17, 15) is 13.8 Å². The number of benzene rings is 1. The van der Waals surface area contributed by atoms with Gasteiger partial charge in [0, 0.05) is 6.42 Å². The van der Waals surface area contributed by atoms with E-state index in [1.54, 1.807) is 35.2 Å². The van der Waals surface area contributed by atoms with Gasteiger partial charge in [0.2, 0.25) is 5.91 Å². The minimum absolute atomic E-state index is 0.0180. The number of nitrogens with one attached hydrogen (secondary N) is 1. The first-order valence-electron chi connectivity index (χ1n) is 11.2. The first-order chi connectivity index (χ1) is 17.4. The van der Waals surface area contributed by atoms with Crippen LogP contribution in [-0.2, 0) is 29.7 Å². The molecule has 190 valence electrons. The van der Waals surface area contributed by atoms with Crippen molar-refractivity contribution in [1.29, 1.82) is 0 Å². The Labute approximate surface area is 209 Å². The molecule has 0 saturated carbocycles. The summed E-state index contributed by atoms with van der Waals surface area (Å²) >= 11 is -2.03. The van der Waals surface area contributed by atoms with Crippen molar-refractivity contribution in [2.45, 2.75) is 38.0 Å². The third-order valence-corrected chi connectivity index (χ3v) is 6.45. The van der Waals surface area contributed by atoms with Crippen LogP contribution in [0.1, 0.15) is 47.8 Å². The molecule has 1 aliphatic rings. The second-order valence-corrected chi connectivity index (χ2v) is 8.97. The summed E-state index contributed by atoms with van der Waals surface area (Å²) in [7, 11) is 1.30. The van der Waals surface area contributed by atoms with Gasteiger partial charge in [-0.15, -0.1) is 0 Å². The Hall–Kier alpha value is -3.68. The highest BCUT2D eigenvalue weighted by Crippen LogP contribution is 2.31. The van der Waals surface area contributed by atoms with Crippen molar-refractivity contribution < 1.29 is 27.5 Å². The number of hydrogen-bond donors (Lipinski definition) is 2. The van der Waals surface area contributed by atoms with Crippen LogP contribution in [0.5, 0.6) is 0 Å². The first kappa shape index (κ1) is 25.4. The Kier molecular flexibility index (Phi) is 8.03. The van der Waals surface area contributed by atoms with E-state index in [4.69, 9.17) is 19.4 Å². The smallest absolute Gasteiger partial charge is 0.338 e. The largest absolute Gasteiger partial charge is 0.465 e. The van der Waals surface area contributed by atoms with Crippen molar-refractivity contribution in [3.8, 4) is 0 Å². The fourth-order valence-electron chi connectivity index (χ4n) is 3.88. The molecular formula is C23H26N6O6S. The number of nitrogen functional groups attached to an aromatic ring is 1. The molecule has 3 aromatic rings. The van der Waals surface area contributed by atoms with Crippen LogP contribution >= 0.6 is 0 Å². The number of allylic oxidation sites excluding steroid dienone is 1. The van der Waals surface area contributed by atoms with Crippen LogP contribution in [0, 0.1) is 0 Å². The number of nitrogens with zero attached hydrogens (tertiary/aromatic N) is 4. The zero-order valence-electron chi connectivity index (χ0n) is 19.6. The summed E-state index contributed by atoms with van der Waals surface area (Å²) in [5, 5.41) is 0. The molecule has 3 atom stereocenters. The van der Waals surface area contributed by atoms with E-state index in [1.807, 2.05) is 0 Å². The summed E-state index contributed by atoms with van der Waals surface area (Å²) in [5.41, 5.74) is 8.45. The second-order valence-electron chi connectivity index (χ2n) is 8.06. The van der Waals surface area contributed by atoms with Crippen LogP contribution in [0.4, 0.5) is 5.82 Å². The maximum atomic E-state index is 12.2. The summed E-state index contributed by atoms with van der Waals surface area (Å²) in [5.74, 6) is -0.669. The van der Waals surface area contributed by atoms with Crippen molar-refractivity contribution in [2.75, 3.05) is 19.5 Å². The molecule has 0 bridgehead atoms. The van der Waals surface area contributed by atoms with Crippen molar-refractivity contribution >= 4 is 45.7 Å². The number of imidazole rings is 1. The molecule has 0 radical (unpaired) electrons. The van der Waals surface area contributed by atoms with Gasteiger partial charge in [0.25, 0.3) is 11.3 Å². The average molecular weight is 515 g/mol. The summed E-state index contributed by atoms with van der Waals surface area (Å²) in [6.07, 6.45) is 3.94. The predicted molar refractivity (Wildman–Crippen MR) is 131 cm³/mol. The number of nitrogens with two attached hydrogens (primary N) is 1.